The van der Waals surface area contributed by atoms with E-state index in [1.807, 2.05) is 19.1 Å². The van der Waals surface area contributed by atoms with Crippen molar-refractivity contribution in [1.82, 2.24) is 9.88 Å². The Bertz CT molecular complexity index is 1500. The second kappa shape index (κ2) is 8.20. The molecule has 0 saturated heterocycles. The summed E-state index contributed by atoms with van der Waals surface area (Å²) < 4.78 is 25.1. The number of nitrogens with zero attached hydrogens (tertiary/aromatic N) is 2. The maximum absolute atomic E-state index is 13.9. The predicted molar refractivity (Wildman–Crippen MR) is 128 cm³/mol. The van der Waals surface area contributed by atoms with E-state index in [4.69, 9.17) is 9.47 Å². The molecule has 0 aliphatic carbocycles. The molecule has 2 aliphatic heterocycles. The molecule has 3 aromatic carbocycles. The van der Waals surface area contributed by atoms with E-state index in [9.17, 15) is 14.0 Å². The van der Waals surface area contributed by atoms with Crippen molar-refractivity contribution in [1.29, 1.82) is 0 Å². The molecule has 4 aromatic rings. The van der Waals surface area contributed by atoms with Crippen LogP contribution in [0.15, 0.2) is 60.9 Å². The normalized spacial score (nSPS) is 14.2. The van der Waals surface area contributed by atoms with Crippen molar-refractivity contribution in [2.45, 2.75) is 26.3 Å². The van der Waals surface area contributed by atoms with Crippen molar-refractivity contribution in [2.75, 3.05) is 6.79 Å². The minimum atomic E-state index is -0.378. The van der Waals surface area contributed by atoms with Gasteiger partial charge in [0.1, 0.15) is 5.82 Å². The quantitative estimate of drug-likeness (QED) is 0.361. The van der Waals surface area contributed by atoms with Gasteiger partial charge < -0.3 is 9.47 Å². The second-order valence-electron chi connectivity index (χ2n) is 8.66. The van der Waals surface area contributed by atoms with Gasteiger partial charge in [-0.3, -0.25) is 19.5 Å². The molecule has 0 bridgehead atoms. The Hall–Kier alpha value is -4.26. The van der Waals surface area contributed by atoms with Gasteiger partial charge in [0.15, 0.2) is 11.5 Å². The molecular formula is C28H21FN2O4. The summed E-state index contributed by atoms with van der Waals surface area (Å²) in [5.41, 5.74) is 3.64. The van der Waals surface area contributed by atoms with Crippen LogP contribution >= 0.6 is 0 Å². The van der Waals surface area contributed by atoms with Crippen molar-refractivity contribution >= 4 is 22.6 Å². The zero-order valence-electron chi connectivity index (χ0n) is 19.0. The number of amides is 2. The maximum atomic E-state index is 13.9. The third-order valence-electron chi connectivity index (χ3n) is 6.55. The van der Waals surface area contributed by atoms with E-state index in [1.165, 1.54) is 17.0 Å². The second-order valence-corrected chi connectivity index (χ2v) is 8.66. The Balaban J connectivity index is 1.66. The van der Waals surface area contributed by atoms with Crippen LogP contribution in [0.5, 0.6) is 11.5 Å². The van der Waals surface area contributed by atoms with Crippen LogP contribution in [-0.2, 0) is 13.0 Å². The Morgan fingerprint density at radius 1 is 0.886 bits per heavy atom. The molecule has 0 N–H and O–H groups in total. The lowest BCUT2D eigenvalue weighted by Gasteiger charge is -2.17. The number of halogens is 1. The summed E-state index contributed by atoms with van der Waals surface area (Å²) in [4.78, 5) is 33.0. The van der Waals surface area contributed by atoms with E-state index in [-0.39, 0.29) is 31.0 Å². The van der Waals surface area contributed by atoms with Gasteiger partial charge in [0.25, 0.3) is 11.8 Å². The van der Waals surface area contributed by atoms with Gasteiger partial charge in [-0.25, -0.2) is 4.39 Å². The van der Waals surface area contributed by atoms with Crippen molar-refractivity contribution in [3.63, 3.8) is 0 Å². The number of pyridine rings is 1. The van der Waals surface area contributed by atoms with Gasteiger partial charge in [-0.2, -0.15) is 0 Å². The molecule has 7 heteroatoms. The van der Waals surface area contributed by atoms with Crippen molar-refractivity contribution < 1.29 is 23.5 Å². The zero-order valence-corrected chi connectivity index (χ0v) is 19.0. The lowest BCUT2D eigenvalue weighted by molar-refractivity contribution is 0.0642. The smallest absolute Gasteiger partial charge is 0.262 e. The van der Waals surface area contributed by atoms with Crippen LogP contribution in [0.4, 0.5) is 4.39 Å². The van der Waals surface area contributed by atoms with Crippen LogP contribution in [-0.4, -0.2) is 28.5 Å². The average Bonchev–Trinajstić information content (AvgIpc) is 3.42. The van der Waals surface area contributed by atoms with E-state index >= 15 is 0 Å². The number of ether oxygens (including phenoxy) is 2. The van der Waals surface area contributed by atoms with Gasteiger partial charge in [0, 0.05) is 18.0 Å². The summed E-state index contributed by atoms with van der Waals surface area (Å²) >= 11 is 0. The standard InChI is InChI=1S/C28H21FN2O4/c1-2-3-19-20-12-22-23(35-15-34-22)13-21(20)24(17-4-6-18(29)7-5-17)26-25(19)27(32)31(28(26)33)14-16-8-10-30-11-9-16/h4-13H,2-3,14-15H2,1H3. The summed E-state index contributed by atoms with van der Waals surface area (Å²) in [5, 5.41) is 1.61. The van der Waals surface area contributed by atoms with Gasteiger partial charge in [-0.05, 0) is 70.3 Å². The minimum absolute atomic E-state index is 0.109. The summed E-state index contributed by atoms with van der Waals surface area (Å²) in [6.45, 7) is 2.29. The summed E-state index contributed by atoms with van der Waals surface area (Å²) in [6.07, 6.45) is 4.67. The molecule has 174 valence electrons. The number of hydrogen-bond donors (Lipinski definition) is 0. The molecule has 0 spiro atoms. The number of carbonyl (C=O) groups is 2. The summed E-state index contributed by atoms with van der Waals surface area (Å²) in [5.74, 6) is 0.113. The number of aryl methyl sites for hydroxylation is 1. The van der Waals surface area contributed by atoms with Crippen molar-refractivity contribution in [3.8, 4) is 22.6 Å². The Labute approximate surface area is 200 Å². The first-order valence-corrected chi connectivity index (χ1v) is 11.5. The fourth-order valence-corrected chi connectivity index (χ4v) is 5.00. The monoisotopic (exact) mass is 468 g/mol. The third-order valence-corrected chi connectivity index (χ3v) is 6.55. The van der Waals surface area contributed by atoms with Crippen LogP contribution in [0.2, 0.25) is 0 Å². The zero-order chi connectivity index (χ0) is 24.1. The first kappa shape index (κ1) is 21.3. The first-order valence-electron chi connectivity index (χ1n) is 11.5. The van der Waals surface area contributed by atoms with Crippen molar-refractivity contribution in [2.24, 2.45) is 0 Å². The largest absolute Gasteiger partial charge is 0.454 e. The molecule has 3 heterocycles. The van der Waals surface area contributed by atoms with Gasteiger partial charge in [-0.1, -0.05) is 25.5 Å². The Kier molecular flexibility index (Phi) is 4.99. The highest BCUT2D eigenvalue weighted by Crippen LogP contribution is 2.46. The first-order chi connectivity index (χ1) is 17.1. The van der Waals surface area contributed by atoms with Crippen LogP contribution in [0.1, 0.15) is 45.2 Å². The lowest BCUT2D eigenvalue weighted by atomic mass is 9.85. The number of imide groups is 1. The molecule has 0 fully saturated rings. The summed E-state index contributed by atoms with van der Waals surface area (Å²) in [6, 6.07) is 13.3. The van der Waals surface area contributed by atoms with Crippen molar-refractivity contribution in [3.05, 3.63) is 89.0 Å². The number of fused-ring (bicyclic) bond motifs is 3. The van der Waals surface area contributed by atoms with E-state index in [0.717, 1.165) is 28.3 Å². The van der Waals surface area contributed by atoms with E-state index in [1.54, 1.807) is 36.7 Å². The van der Waals surface area contributed by atoms with E-state index in [2.05, 4.69) is 4.98 Å². The maximum Gasteiger partial charge on any atom is 0.262 e. The highest BCUT2D eigenvalue weighted by atomic mass is 19.1. The molecule has 1 aromatic heterocycles. The fraction of sp³-hybridized carbons (Fsp3) is 0.179. The average molecular weight is 468 g/mol. The molecule has 35 heavy (non-hydrogen) atoms. The SMILES string of the molecule is CCCc1c2c(c(-c3ccc(F)cc3)c3cc4c(cc13)OCO4)C(=O)N(Cc1ccncc1)C2=O. The van der Waals surface area contributed by atoms with E-state index in [0.29, 0.717) is 40.2 Å². The molecule has 2 amide bonds. The Morgan fingerprint density at radius 3 is 2.23 bits per heavy atom. The van der Waals surface area contributed by atoms with Gasteiger partial charge in [0.05, 0.1) is 17.7 Å². The molecule has 6 rings (SSSR count). The van der Waals surface area contributed by atoms with Crippen LogP contribution in [0.25, 0.3) is 21.9 Å². The number of hydrogen-bond acceptors (Lipinski definition) is 5. The molecule has 6 nitrogen and oxygen atoms in total. The molecule has 2 aliphatic rings. The minimum Gasteiger partial charge on any atom is -0.454 e. The van der Waals surface area contributed by atoms with E-state index < -0.39 is 0 Å². The van der Waals surface area contributed by atoms with Gasteiger partial charge in [-0.15, -0.1) is 0 Å². The molecule has 0 saturated carbocycles. The number of benzene rings is 3. The molecule has 0 atom stereocenters. The fourth-order valence-electron chi connectivity index (χ4n) is 5.00. The molecule has 0 unspecified atom stereocenters. The number of aromatic nitrogens is 1. The van der Waals surface area contributed by atoms with Gasteiger partial charge >= 0.3 is 0 Å². The van der Waals surface area contributed by atoms with Gasteiger partial charge in [0.2, 0.25) is 6.79 Å². The predicted octanol–water partition coefficient (Wildman–Crippen LogP) is 5.52. The number of carbonyl (C=O) groups excluding carboxylic acids is 2. The molecule has 0 radical (unpaired) electrons. The summed E-state index contributed by atoms with van der Waals surface area (Å²) in [7, 11) is 0. The highest BCUT2D eigenvalue weighted by Gasteiger charge is 2.41. The van der Waals surface area contributed by atoms with Crippen LogP contribution < -0.4 is 9.47 Å². The number of rotatable bonds is 5. The highest BCUT2D eigenvalue weighted by molar-refractivity contribution is 6.28. The lowest BCUT2D eigenvalue weighted by Crippen LogP contribution is -2.29. The topological polar surface area (TPSA) is 68.7 Å². The van der Waals surface area contributed by atoms with Crippen LogP contribution in [0, 0.1) is 5.82 Å². The Morgan fingerprint density at radius 2 is 1.54 bits per heavy atom. The molecular weight excluding hydrogens is 447 g/mol. The van der Waals surface area contributed by atoms with Crippen LogP contribution in [0.3, 0.4) is 0 Å². The third kappa shape index (κ3) is 3.34.